The molecule has 2 N–H and O–H groups in total. The van der Waals surface area contributed by atoms with E-state index in [4.69, 9.17) is 16.3 Å². The molecule has 0 aliphatic heterocycles. The van der Waals surface area contributed by atoms with E-state index in [1.165, 1.54) is 5.56 Å². The number of rotatable bonds is 18. The van der Waals surface area contributed by atoms with Gasteiger partial charge < -0.3 is 15.2 Å². The normalized spacial score (nSPS) is 20.5. The van der Waals surface area contributed by atoms with Crippen molar-refractivity contribution in [3.8, 4) is 0 Å². The Morgan fingerprint density at radius 1 is 1.11 bits per heavy atom. The van der Waals surface area contributed by atoms with Crippen LogP contribution in [0.3, 0.4) is 0 Å². The highest BCUT2D eigenvalue weighted by atomic mass is 35.5. The van der Waals surface area contributed by atoms with Crippen LogP contribution in [0.2, 0.25) is 0 Å². The number of aryl methyl sites for hydroxylation is 1. The van der Waals surface area contributed by atoms with Crippen molar-refractivity contribution in [1.29, 1.82) is 0 Å². The van der Waals surface area contributed by atoms with Crippen LogP contribution in [0.15, 0.2) is 54.6 Å². The zero-order valence-corrected chi connectivity index (χ0v) is 23.2. The van der Waals surface area contributed by atoms with E-state index in [0.717, 1.165) is 57.8 Å². The molecule has 1 aliphatic carbocycles. The highest BCUT2D eigenvalue weighted by Gasteiger charge is 2.32. The van der Waals surface area contributed by atoms with E-state index in [2.05, 4.69) is 35.7 Å². The highest BCUT2D eigenvalue weighted by molar-refractivity contribution is 6.17. The van der Waals surface area contributed by atoms with Gasteiger partial charge in [-0.05, 0) is 82.3 Å². The number of unbranched alkanes of at least 4 members (excludes halogenated alkanes) is 3. The van der Waals surface area contributed by atoms with Gasteiger partial charge in [0.15, 0.2) is 0 Å². The van der Waals surface area contributed by atoms with Crippen molar-refractivity contribution in [3.63, 3.8) is 0 Å². The Labute approximate surface area is 228 Å². The fourth-order valence-electron chi connectivity index (χ4n) is 4.87. The quantitative estimate of drug-likeness (QED) is 0.0977. The van der Waals surface area contributed by atoms with Gasteiger partial charge in [0.1, 0.15) is 6.10 Å². The number of carbonyl (C=O) groups is 2. The second-order valence-corrected chi connectivity index (χ2v) is 10.4. The molecule has 6 heteroatoms. The van der Waals surface area contributed by atoms with E-state index in [0.29, 0.717) is 37.6 Å². The van der Waals surface area contributed by atoms with Gasteiger partial charge in [-0.25, -0.2) is 0 Å². The lowest BCUT2D eigenvalue weighted by Gasteiger charge is -2.20. The molecule has 4 atom stereocenters. The van der Waals surface area contributed by atoms with E-state index >= 15 is 0 Å². The standard InChI is InChI=1S/C31H46ClNO4/c1-2-33-30(35)16-10-4-3-9-15-26-19-23-29(34)28(26)22-21-27(20-18-25-13-7-5-8-14-25)37-31(36)17-11-6-12-24-32/h3,5,7-9,13-14,21-22,26-29,34H,2,4,6,10-12,15-20,23-24H2,1H3,(H,33,35)/b9-3-,22-21+/t26-,27?,28?,29+/m0/s1. The van der Waals surface area contributed by atoms with Gasteiger partial charge in [-0.1, -0.05) is 55.0 Å². The maximum absolute atomic E-state index is 12.5. The molecule has 1 fully saturated rings. The number of alkyl halides is 1. The van der Waals surface area contributed by atoms with Crippen LogP contribution < -0.4 is 5.32 Å². The molecule has 0 bridgehead atoms. The first kappa shape index (κ1) is 31.1. The summed E-state index contributed by atoms with van der Waals surface area (Å²) in [6.45, 7) is 2.60. The largest absolute Gasteiger partial charge is 0.458 e. The lowest BCUT2D eigenvalue weighted by atomic mass is 9.90. The Morgan fingerprint density at radius 2 is 1.92 bits per heavy atom. The summed E-state index contributed by atoms with van der Waals surface area (Å²) in [5.41, 5.74) is 1.22. The maximum atomic E-state index is 12.5. The summed E-state index contributed by atoms with van der Waals surface area (Å²) in [5.74, 6) is 0.982. The summed E-state index contributed by atoms with van der Waals surface area (Å²) in [6.07, 6.45) is 17.3. The van der Waals surface area contributed by atoms with Crippen LogP contribution in [0.1, 0.15) is 83.1 Å². The number of halogens is 1. The van der Waals surface area contributed by atoms with Crippen molar-refractivity contribution >= 4 is 23.5 Å². The average Bonchev–Trinajstić information content (AvgIpc) is 3.25. The predicted molar refractivity (Wildman–Crippen MR) is 151 cm³/mol. The molecular formula is C31H46ClNO4. The number of aliphatic hydroxyl groups excluding tert-OH is 1. The lowest BCUT2D eigenvalue weighted by Crippen LogP contribution is -2.21. The molecule has 0 spiro atoms. The van der Waals surface area contributed by atoms with Crippen molar-refractivity contribution in [3.05, 3.63) is 60.2 Å². The van der Waals surface area contributed by atoms with Crippen LogP contribution >= 0.6 is 11.6 Å². The maximum Gasteiger partial charge on any atom is 0.306 e. The zero-order valence-electron chi connectivity index (χ0n) is 22.5. The topological polar surface area (TPSA) is 75.6 Å². The molecule has 5 nitrogen and oxygen atoms in total. The minimum Gasteiger partial charge on any atom is -0.458 e. The number of hydrogen-bond acceptors (Lipinski definition) is 4. The summed E-state index contributed by atoms with van der Waals surface area (Å²) in [6, 6.07) is 10.2. The fraction of sp³-hybridized carbons (Fsp3) is 0.613. The Bertz CT molecular complexity index is 826. The number of ether oxygens (including phenoxy) is 1. The molecule has 1 aromatic rings. The molecule has 206 valence electrons. The van der Waals surface area contributed by atoms with Crippen LogP contribution in [-0.4, -0.2) is 41.6 Å². The lowest BCUT2D eigenvalue weighted by molar-refractivity contribution is -0.147. The molecule has 0 radical (unpaired) electrons. The molecule has 1 aliphatic rings. The number of allylic oxidation sites excluding steroid dienone is 2. The number of carbonyl (C=O) groups excluding carboxylic acids is 2. The van der Waals surface area contributed by atoms with Gasteiger partial charge in [-0.15, -0.1) is 11.6 Å². The first-order valence-electron chi connectivity index (χ1n) is 14.1. The SMILES string of the molecule is CCNC(=O)CCC/C=C\C[C@H]1CC[C@@H](O)C1/C=C/C(CCc1ccccc1)OC(=O)CCCCCCl. The molecule has 2 unspecified atom stereocenters. The molecule has 2 rings (SSSR count). The Morgan fingerprint density at radius 3 is 2.68 bits per heavy atom. The minimum absolute atomic E-state index is 0.0571. The van der Waals surface area contributed by atoms with Gasteiger partial charge in [-0.3, -0.25) is 9.59 Å². The summed E-state index contributed by atoms with van der Waals surface area (Å²) >= 11 is 5.74. The molecule has 0 heterocycles. The summed E-state index contributed by atoms with van der Waals surface area (Å²) in [4.78, 5) is 24.0. The molecule has 37 heavy (non-hydrogen) atoms. The van der Waals surface area contributed by atoms with E-state index < -0.39 is 0 Å². The van der Waals surface area contributed by atoms with Crippen molar-refractivity contribution in [2.75, 3.05) is 12.4 Å². The smallest absolute Gasteiger partial charge is 0.306 e. The van der Waals surface area contributed by atoms with Crippen molar-refractivity contribution < 1.29 is 19.4 Å². The first-order valence-corrected chi connectivity index (χ1v) is 14.6. The minimum atomic E-state index is -0.367. The van der Waals surface area contributed by atoms with Gasteiger partial charge in [-0.2, -0.15) is 0 Å². The Balaban J connectivity index is 1.90. The number of amides is 1. The second kappa shape index (κ2) is 19.0. The molecule has 1 saturated carbocycles. The molecule has 0 aromatic heterocycles. The van der Waals surface area contributed by atoms with E-state index in [1.54, 1.807) is 0 Å². The summed E-state index contributed by atoms with van der Waals surface area (Å²) in [7, 11) is 0. The number of esters is 1. The van der Waals surface area contributed by atoms with Gasteiger partial charge in [0.2, 0.25) is 5.91 Å². The number of benzene rings is 1. The van der Waals surface area contributed by atoms with Crippen LogP contribution in [0, 0.1) is 11.8 Å². The molecule has 0 saturated heterocycles. The third kappa shape index (κ3) is 13.3. The molecular weight excluding hydrogens is 486 g/mol. The molecule has 1 aromatic carbocycles. The van der Waals surface area contributed by atoms with Crippen molar-refractivity contribution in [2.24, 2.45) is 11.8 Å². The predicted octanol–water partition coefficient (Wildman–Crippen LogP) is 6.53. The Kier molecular flexibility index (Phi) is 16.0. The monoisotopic (exact) mass is 531 g/mol. The fourth-order valence-corrected chi connectivity index (χ4v) is 5.06. The van der Waals surface area contributed by atoms with Crippen LogP contribution in [0.25, 0.3) is 0 Å². The average molecular weight is 532 g/mol. The Hall–Kier alpha value is -2.11. The van der Waals surface area contributed by atoms with E-state index in [-0.39, 0.29) is 30.0 Å². The van der Waals surface area contributed by atoms with E-state index in [9.17, 15) is 14.7 Å². The third-order valence-electron chi connectivity index (χ3n) is 6.98. The summed E-state index contributed by atoms with van der Waals surface area (Å²) in [5, 5.41) is 13.5. The van der Waals surface area contributed by atoms with Crippen molar-refractivity contribution in [2.45, 2.75) is 96.2 Å². The number of aliphatic hydroxyl groups is 1. The number of nitrogens with one attached hydrogen (secondary N) is 1. The van der Waals surface area contributed by atoms with Gasteiger partial charge in [0.25, 0.3) is 0 Å². The zero-order chi connectivity index (χ0) is 26.7. The third-order valence-corrected chi connectivity index (χ3v) is 7.25. The van der Waals surface area contributed by atoms with Gasteiger partial charge >= 0.3 is 5.97 Å². The van der Waals surface area contributed by atoms with Crippen LogP contribution in [-0.2, 0) is 20.7 Å². The van der Waals surface area contributed by atoms with E-state index in [1.807, 2.05) is 31.2 Å². The van der Waals surface area contributed by atoms with Gasteiger partial charge in [0, 0.05) is 31.2 Å². The van der Waals surface area contributed by atoms with Crippen LogP contribution in [0.4, 0.5) is 0 Å². The van der Waals surface area contributed by atoms with Crippen LogP contribution in [0.5, 0.6) is 0 Å². The van der Waals surface area contributed by atoms with Gasteiger partial charge in [0.05, 0.1) is 6.10 Å². The highest BCUT2D eigenvalue weighted by Crippen LogP contribution is 2.36. The molecule has 1 amide bonds. The summed E-state index contributed by atoms with van der Waals surface area (Å²) < 4.78 is 5.86. The van der Waals surface area contributed by atoms with Crippen molar-refractivity contribution in [1.82, 2.24) is 5.32 Å². The second-order valence-electron chi connectivity index (χ2n) is 9.97. The number of hydrogen-bond donors (Lipinski definition) is 2. The first-order chi connectivity index (χ1) is 18.0.